The Bertz CT molecular complexity index is 852. The fraction of sp³-hybridized carbons (Fsp3) is 0.458. The van der Waals surface area contributed by atoms with Crippen molar-refractivity contribution in [1.29, 1.82) is 0 Å². The van der Waals surface area contributed by atoms with Crippen molar-refractivity contribution in [3.8, 4) is 5.75 Å². The number of rotatable bonds is 5. The van der Waals surface area contributed by atoms with Crippen molar-refractivity contribution in [3.05, 3.63) is 59.2 Å². The summed E-state index contributed by atoms with van der Waals surface area (Å²) in [4.78, 5) is 17.9. The first-order chi connectivity index (χ1) is 13.6. The molecule has 0 spiro atoms. The first kappa shape index (κ1) is 21.7. The molecule has 156 valence electrons. The van der Waals surface area contributed by atoms with E-state index in [-0.39, 0.29) is 24.4 Å². The summed E-state index contributed by atoms with van der Waals surface area (Å²) in [5, 5.41) is 0. The van der Waals surface area contributed by atoms with Gasteiger partial charge in [-0.25, -0.2) is 0 Å². The SMILES string of the molecule is CCCCOc1ccc(C(=O)N2c3ccc(C)cc3C3CN(C)CCC32)cc1.Cl. The van der Waals surface area contributed by atoms with E-state index in [0.29, 0.717) is 5.92 Å². The highest BCUT2D eigenvalue weighted by Crippen LogP contribution is 2.45. The van der Waals surface area contributed by atoms with E-state index in [0.717, 1.165) is 56.0 Å². The standard InChI is InChI=1S/C24H30N2O2.ClH/c1-4-5-14-28-19-9-7-18(8-10-19)24(27)26-22-11-6-17(2)15-20(22)21-16-25(3)13-12-23(21)26;/h6-11,15,21,23H,4-5,12-14,16H2,1-3H3;1H. The number of ether oxygens (including phenoxy) is 1. The van der Waals surface area contributed by atoms with E-state index >= 15 is 0 Å². The predicted molar refractivity (Wildman–Crippen MR) is 121 cm³/mol. The zero-order valence-electron chi connectivity index (χ0n) is 17.6. The van der Waals surface area contributed by atoms with Gasteiger partial charge in [0.25, 0.3) is 5.91 Å². The third-order valence-corrected chi connectivity index (χ3v) is 6.04. The van der Waals surface area contributed by atoms with Gasteiger partial charge in [0, 0.05) is 29.8 Å². The third kappa shape index (κ3) is 4.29. The number of carbonyl (C=O) groups is 1. The van der Waals surface area contributed by atoms with E-state index in [2.05, 4.69) is 48.9 Å². The molecule has 5 heteroatoms. The van der Waals surface area contributed by atoms with Gasteiger partial charge in [-0.15, -0.1) is 12.4 Å². The minimum atomic E-state index is 0. The molecular formula is C24H31ClN2O2. The highest BCUT2D eigenvalue weighted by atomic mass is 35.5. The Morgan fingerprint density at radius 1 is 1.17 bits per heavy atom. The lowest BCUT2D eigenvalue weighted by molar-refractivity contribution is 0.0964. The number of carbonyl (C=O) groups excluding carboxylic acids is 1. The highest BCUT2D eigenvalue weighted by Gasteiger charge is 2.44. The van der Waals surface area contributed by atoms with Crippen molar-refractivity contribution in [2.45, 2.75) is 45.1 Å². The van der Waals surface area contributed by atoms with E-state index in [9.17, 15) is 4.79 Å². The summed E-state index contributed by atoms with van der Waals surface area (Å²) in [6, 6.07) is 14.4. The second kappa shape index (κ2) is 9.19. The van der Waals surface area contributed by atoms with E-state index in [4.69, 9.17) is 4.74 Å². The van der Waals surface area contributed by atoms with Gasteiger partial charge in [0.2, 0.25) is 0 Å². The average molecular weight is 415 g/mol. The Morgan fingerprint density at radius 2 is 1.93 bits per heavy atom. The number of piperidine rings is 1. The largest absolute Gasteiger partial charge is 0.494 e. The number of halogens is 1. The molecule has 1 amide bonds. The molecule has 2 aromatic rings. The molecule has 0 N–H and O–H groups in total. The molecule has 1 fully saturated rings. The van der Waals surface area contributed by atoms with Gasteiger partial charge in [-0.05, 0) is 69.3 Å². The molecule has 2 aliphatic rings. The molecule has 2 aliphatic heterocycles. The van der Waals surface area contributed by atoms with Crippen molar-refractivity contribution >= 4 is 24.0 Å². The number of aryl methyl sites for hydroxylation is 1. The molecule has 2 atom stereocenters. The van der Waals surface area contributed by atoms with Gasteiger partial charge in [0.1, 0.15) is 5.75 Å². The molecule has 2 heterocycles. The Hall–Kier alpha value is -2.04. The molecule has 1 saturated heterocycles. The van der Waals surface area contributed by atoms with Crippen LogP contribution in [0.5, 0.6) is 5.75 Å². The zero-order chi connectivity index (χ0) is 19.7. The normalized spacial score (nSPS) is 20.6. The van der Waals surface area contributed by atoms with Crippen molar-refractivity contribution < 1.29 is 9.53 Å². The molecule has 0 aromatic heterocycles. The molecule has 4 rings (SSSR count). The van der Waals surface area contributed by atoms with Crippen molar-refractivity contribution in [2.75, 3.05) is 31.6 Å². The highest BCUT2D eigenvalue weighted by molar-refractivity contribution is 6.08. The van der Waals surface area contributed by atoms with Crippen LogP contribution < -0.4 is 9.64 Å². The lowest BCUT2D eigenvalue weighted by atomic mass is 9.88. The molecular weight excluding hydrogens is 384 g/mol. The molecule has 0 radical (unpaired) electrons. The van der Waals surface area contributed by atoms with Gasteiger partial charge in [-0.3, -0.25) is 4.79 Å². The first-order valence-electron chi connectivity index (χ1n) is 10.4. The van der Waals surface area contributed by atoms with E-state index < -0.39 is 0 Å². The van der Waals surface area contributed by atoms with Crippen LogP contribution >= 0.6 is 12.4 Å². The average Bonchev–Trinajstić information content (AvgIpc) is 3.01. The first-order valence-corrected chi connectivity index (χ1v) is 10.4. The zero-order valence-corrected chi connectivity index (χ0v) is 18.4. The van der Waals surface area contributed by atoms with Crippen molar-refractivity contribution in [1.82, 2.24) is 4.90 Å². The number of hydrogen-bond acceptors (Lipinski definition) is 3. The van der Waals surface area contributed by atoms with E-state index in [1.807, 2.05) is 24.3 Å². The Kier molecular flexibility index (Phi) is 6.86. The van der Waals surface area contributed by atoms with Gasteiger partial charge in [0.05, 0.1) is 6.61 Å². The fourth-order valence-electron chi connectivity index (χ4n) is 4.51. The second-order valence-corrected chi connectivity index (χ2v) is 8.19. The maximum Gasteiger partial charge on any atom is 0.258 e. The van der Waals surface area contributed by atoms with Crippen LogP contribution in [0.25, 0.3) is 0 Å². The monoisotopic (exact) mass is 414 g/mol. The van der Waals surface area contributed by atoms with Gasteiger partial charge in [-0.1, -0.05) is 31.0 Å². The van der Waals surface area contributed by atoms with Gasteiger partial charge < -0.3 is 14.5 Å². The number of fused-ring (bicyclic) bond motifs is 3. The van der Waals surface area contributed by atoms with Crippen LogP contribution in [0.1, 0.15) is 53.6 Å². The minimum absolute atomic E-state index is 0. The lowest BCUT2D eigenvalue weighted by Crippen LogP contribution is -2.47. The summed E-state index contributed by atoms with van der Waals surface area (Å²) >= 11 is 0. The number of anilines is 1. The Balaban J connectivity index is 0.00000240. The van der Waals surface area contributed by atoms with E-state index in [1.165, 1.54) is 11.1 Å². The Labute approximate surface area is 180 Å². The number of amides is 1. The quantitative estimate of drug-likeness (QED) is 0.642. The summed E-state index contributed by atoms with van der Waals surface area (Å²) in [7, 11) is 2.17. The van der Waals surface area contributed by atoms with Crippen LogP contribution in [0.15, 0.2) is 42.5 Å². The van der Waals surface area contributed by atoms with Crippen LogP contribution in [0.4, 0.5) is 5.69 Å². The van der Waals surface area contributed by atoms with Crippen LogP contribution in [0.3, 0.4) is 0 Å². The summed E-state index contributed by atoms with van der Waals surface area (Å²) in [5.74, 6) is 1.33. The molecule has 0 aliphatic carbocycles. The van der Waals surface area contributed by atoms with Crippen LogP contribution in [-0.4, -0.2) is 43.6 Å². The number of nitrogens with zero attached hydrogens (tertiary/aromatic N) is 2. The molecule has 0 bridgehead atoms. The summed E-state index contributed by atoms with van der Waals surface area (Å²) < 4.78 is 5.74. The summed E-state index contributed by atoms with van der Waals surface area (Å²) in [5.41, 5.74) is 4.40. The summed E-state index contributed by atoms with van der Waals surface area (Å²) in [6.07, 6.45) is 3.17. The molecule has 29 heavy (non-hydrogen) atoms. The smallest absolute Gasteiger partial charge is 0.258 e. The van der Waals surface area contributed by atoms with Gasteiger partial charge in [-0.2, -0.15) is 0 Å². The summed E-state index contributed by atoms with van der Waals surface area (Å²) in [6.45, 7) is 7.04. The number of likely N-dealkylation sites (tertiary alicyclic amines) is 1. The van der Waals surface area contributed by atoms with Crippen LogP contribution in [-0.2, 0) is 0 Å². The van der Waals surface area contributed by atoms with Crippen molar-refractivity contribution in [2.24, 2.45) is 0 Å². The third-order valence-electron chi connectivity index (χ3n) is 6.04. The number of hydrogen-bond donors (Lipinski definition) is 0. The number of benzene rings is 2. The predicted octanol–water partition coefficient (Wildman–Crippen LogP) is 5.04. The second-order valence-electron chi connectivity index (χ2n) is 8.19. The molecule has 2 unspecified atom stereocenters. The Morgan fingerprint density at radius 3 is 2.66 bits per heavy atom. The molecule has 2 aromatic carbocycles. The van der Waals surface area contributed by atoms with Gasteiger partial charge in [0.15, 0.2) is 0 Å². The molecule has 0 saturated carbocycles. The fourth-order valence-corrected chi connectivity index (χ4v) is 4.51. The number of likely N-dealkylation sites (N-methyl/N-ethyl adjacent to an activating group) is 1. The maximum atomic E-state index is 13.5. The van der Waals surface area contributed by atoms with Crippen LogP contribution in [0, 0.1) is 6.92 Å². The van der Waals surface area contributed by atoms with Crippen LogP contribution in [0.2, 0.25) is 0 Å². The topological polar surface area (TPSA) is 32.8 Å². The molecule has 4 nitrogen and oxygen atoms in total. The van der Waals surface area contributed by atoms with E-state index in [1.54, 1.807) is 0 Å². The lowest BCUT2D eigenvalue weighted by Gasteiger charge is -2.36. The number of unbranched alkanes of at least 4 members (excludes halogenated alkanes) is 1. The van der Waals surface area contributed by atoms with Gasteiger partial charge >= 0.3 is 0 Å². The minimum Gasteiger partial charge on any atom is -0.494 e. The maximum absolute atomic E-state index is 13.5. The van der Waals surface area contributed by atoms with Crippen molar-refractivity contribution in [3.63, 3.8) is 0 Å².